The van der Waals surface area contributed by atoms with Crippen LogP contribution in [0.5, 0.6) is 11.5 Å². The van der Waals surface area contributed by atoms with Gasteiger partial charge in [0.05, 0.1) is 37.9 Å². The second kappa shape index (κ2) is 40.3. The molecule has 86 heteroatoms. The van der Waals surface area contributed by atoms with Gasteiger partial charge < -0.3 is 37.9 Å². The maximum atomic E-state index is 13.4. The lowest BCUT2D eigenvalue weighted by atomic mass is 9.97. The smallest absolute Gasteiger partial charge is 0.397 e. The molecular formula is C38H56N2O68S16. The van der Waals surface area contributed by atoms with Crippen molar-refractivity contribution < 1.29 is 295 Å². The zero-order chi connectivity index (χ0) is 94.7. The van der Waals surface area contributed by atoms with Crippen LogP contribution in [0.15, 0.2) is 48.5 Å². The van der Waals surface area contributed by atoms with E-state index in [0.29, 0.717) is 48.5 Å². The molecule has 16 N–H and O–H groups in total. The number of hydrogen-bond acceptors (Lipinski definition) is 54. The molecule has 20 atom stereocenters. The summed E-state index contributed by atoms with van der Waals surface area (Å²) in [5, 5.41) is 0. The molecule has 0 unspecified atom stereocenters. The lowest BCUT2D eigenvalue weighted by Gasteiger charge is -2.48. The van der Waals surface area contributed by atoms with Gasteiger partial charge in [0, 0.05) is 11.4 Å². The van der Waals surface area contributed by atoms with Crippen LogP contribution in [-0.2, 0) is 253 Å². The largest absolute Gasteiger partial charge is 0.462 e. The lowest BCUT2D eigenvalue weighted by Crippen LogP contribution is -2.67. The quantitative estimate of drug-likeness (QED) is 0.0274. The zero-order valence-electron chi connectivity index (χ0n) is 58.2. The maximum Gasteiger partial charge on any atom is 0.397 e. The number of hydrogen-bond donors (Lipinski definition) is 16. The Balaban J connectivity index is 1.29. The molecule has 0 bridgehead atoms. The molecule has 0 aliphatic carbocycles. The molecule has 124 heavy (non-hydrogen) atoms. The molecule has 0 amide bonds. The Labute approximate surface area is 697 Å². The molecule has 0 aromatic heterocycles. The van der Waals surface area contributed by atoms with E-state index in [1.54, 1.807) is 0 Å². The van der Waals surface area contributed by atoms with Crippen LogP contribution in [0.1, 0.15) is 0 Å². The summed E-state index contributed by atoms with van der Waals surface area (Å²) in [6, 6.07) is 4.98. The third-order valence-electron chi connectivity index (χ3n) is 14.2. The number of benzene rings is 2. The predicted molar refractivity (Wildman–Crippen MR) is 368 cm³/mol. The van der Waals surface area contributed by atoms with Crippen LogP contribution in [0.2, 0.25) is 0 Å². The summed E-state index contributed by atoms with van der Waals surface area (Å²) in [6.07, 6.45) is -64.9. The molecule has 4 saturated heterocycles. The molecule has 4 aliphatic heterocycles. The Morgan fingerprint density at radius 1 is 0.226 bits per heavy atom. The van der Waals surface area contributed by atoms with Crippen molar-refractivity contribution in [2.24, 2.45) is 0 Å². The highest BCUT2D eigenvalue weighted by molar-refractivity contribution is 7.96. The molecule has 0 saturated carbocycles. The molecule has 4 heterocycles. The van der Waals surface area contributed by atoms with Crippen LogP contribution in [0.25, 0.3) is 0 Å². The second-order valence-corrected chi connectivity index (χ2v) is 41.8. The van der Waals surface area contributed by atoms with Gasteiger partial charge in [-0.25, -0.2) is 75.4 Å². The summed E-state index contributed by atoms with van der Waals surface area (Å²) in [5.41, 5.74) is -1.30. The Morgan fingerprint density at radius 3 is 0.613 bits per heavy atom. The van der Waals surface area contributed by atoms with Crippen molar-refractivity contribution in [1.29, 1.82) is 0 Å². The van der Waals surface area contributed by atoms with Crippen LogP contribution in [-0.4, -0.2) is 359 Å². The maximum absolute atomic E-state index is 13.4. The average Bonchev–Trinajstić information content (AvgIpc) is 0.758. The summed E-state index contributed by atoms with van der Waals surface area (Å²) in [7, 11) is -96.6. The molecule has 70 nitrogen and oxygen atoms in total. The van der Waals surface area contributed by atoms with Gasteiger partial charge in [0.1, 0.15) is 84.7 Å². The first-order chi connectivity index (χ1) is 55.5. The van der Waals surface area contributed by atoms with Gasteiger partial charge in [0.15, 0.2) is 37.0 Å². The van der Waals surface area contributed by atoms with E-state index < -0.39 is 349 Å². The van der Waals surface area contributed by atoms with Crippen molar-refractivity contribution in [3.63, 3.8) is 0 Å². The lowest BCUT2D eigenvalue weighted by molar-refractivity contribution is -0.340. The Bertz CT molecular complexity index is 5710. The molecule has 0 radical (unpaired) electrons. The molecule has 4 fully saturated rings. The van der Waals surface area contributed by atoms with Crippen molar-refractivity contribution in [3.05, 3.63) is 48.5 Å². The SMILES string of the molecule is O=S(=O)(CCS(=O)(=O)Nc1ccc(O[C@@H]2O[C@H](COS(=O)(=O)O)[C@@H](O[C@@H]3O[C@H](COS(=O)(=O)O)[C@@H](OS(=O)(=O)O)[C@H](OS(=O)(=O)O)[C@H]3OS(=O)(=O)O)[C@H](OS(=O)(=O)O)[C@H]2OS(=O)(=O)O)cc1)Nc1ccc(O[C@@H]2O[C@H](COS(=O)(=O)O)[C@@H](O[C@@H]3O[C@H](COS(=O)(=O)O)[C@@H](OS(=O)(=O)O)[C@H](OS(=O)(=O)O)[C@H]3OS(=O)(=O)O)[C@H](OS(=O)(=O)O)[C@H]2OS(=O)(=O)O)cc1. The summed E-state index contributed by atoms with van der Waals surface area (Å²) < 4.78 is 634. The van der Waals surface area contributed by atoms with Crippen LogP contribution in [0.3, 0.4) is 0 Å². The van der Waals surface area contributed by atoms with Crippen LogP contribution in [0.4, 0.5) is 11.4 Å². The van der Waals surface area contributed by atoms with Crippen LogP contribution < -0.4 is 18.9 Å². The fraction of sp³-hybridized carbons (Fsp3) is 0.684. The minimum atomic E-state index is -6.37. The normalized spacial score (nSPS) is 28.7. The van der Waals surface area contributed by atoms with Gasteiger partial charge in [-0.1, -0.05) is 0 Å². The highest BCUT2D eigenvalue weighted by Gasteiger charge is 2.62. The van der Waals surface area contributed by atoms with E-state index in [4.69, 9.17) is 37.9 Å². The van der Waals surface area contributed by atoms with Crippen molar-refractivity contribution in [2.75, 3.05) is 47.4 Å². The molecule has 722 valence electrons. The minimum absolute atomic E-state index is 0.599. The third-order valence-corrected chi connectivity index (χ3v) is 23.4. The zero-order valence-corrected chi connectivity index (χ0v) is 71.3. The summed E-state index contributed by atoms with van der Waals surface area (Å²) in [6.45, 7) is -8.02. The molecule has 2 aromatic carbocycles. The number of anilines is 2. The van der Waals surface area contributed by atoms with Gasteiger partial charge in [-0.05, 0) is 48.5 Å². The average molecular weight is 2140 g/mol. The molecule has 6 rings (SSSR count). The fourth-order valence-corrected chi connectivity index (χ4v) is 19.5. The molecule has 0 spiro atoms. The van der Waals surface area contributed by atoms with E-state index >= 15 is 0 Å². The van der Waals surface area contributed by atoms with Crippen LogP contribution in [0, 0.1) is 0 Å². The summed E-state index contributed by atoms with van der Waals surface area (Å²) in [4.78, 5) is 0. The standard InChI is InChI=1S/C38H56N2O68S16/c41-109(42,39-15-1-5-17(6-2-15)91-35-31(105-121(75,76)77)27(101-117(63,64)65)23(19(93-35)11-87-111(45,46)47)97-37-33(107-123(81,82)83)29(103-119(69,70)71)25(99-115(57,58)59)21(95-37)13-89-113(51,52)53)9-10-110(43,44)40-16-3-7-18(8-4-16)92-36-32(106-122(78,79)80)28(102-118(66,67)68)24(20(94-36)12-88-112(48,49)50)98-38-34(108-124(84,85)86)30(104-120(72,73)74)26(100-116(60,61)62)22(96-38)14-90-114(54,55)56/h1-8,19-40H,9-14H2,(H,45,46,47)(H,48,49,50)(H,51,52,53)(H,54,55,56)(H,57,58,59)(H,60,61,62)(H,63,64,65)(H,66,67,68)(H,69,70,71)(H,72,73,74)(H,75,76,77)(H,78,79,80)(H,81,82,83)(H,84,85,86)/t19-,20-,21-,22-,23-,24-,25-,26-,27+,28+,29+,30+,31-,32-,33-,34-,35-,36-,37+,38+/m1/s1. The first-order valence-electron chi connectivity index (χ1n) is 30.0. The molecular weight excluding hydrogens is 2090 g/mol. The predicted octanol–water partition coefficient (Wildman–Crippen LogP) is -10.5. The monoisotopic (exact) mass is 2140 g/mol. The fourth-order valence-electron chi connectivity index (χ4n) is 10.3. The van der Waals surface area contributed by atoms with Crippen LogP contribution >= 0.6 is 0 Å². The number of rotatable bonds is 47. The number of ether oxygens (including phenoxy) is 8. The Morgan fingerprint density at radius 2 is 0.403 bits per heavy atom. The van der Waals surface area contributed by atoms with Gasteiger partial charge in [0.2, 0.25) is 32.6 Å². The van der Waals surface area contributed by atoms with Crippen molar-refractivity contribution in [1.82, 2.24) is 0 Å². The van der Waals surface area contributed by atoms with Crippen molar-refractivity contribution >= 4 is 177 Å². The topological polar surface area (TPSA) is 1060 Å². The van der Waals surface area contributed by atoms with Gasteiger partial charge in [-0.15, -0.1) is 0 Å². The van der Waals surface area contributed by atoms with E-state index in [-0.39, 0.29) is 0 Å². The highest BCUT2D eigenvalue weighted by atomic mass is 32.3. The van der Waals surface area contributed by atoms with E-state index in [9.17, 15) is 198 Å². The van der Waals surface area contributed by atoms with Gasteiger partial charge in [0.25, 0.3) is 0 Å². The van der Waals surface area contributed by atoms with Crippen molar-refractivity contribution in [2.45, 2.75) is 123 Å². The van der Waals surface area contributed by atoms with E-state index in [2.05, 4.69) is 58.6 Å². The third kappa shape index (κ3) is 38.9. The number of nitrogens with one attached hydrogen (secondary N) is 2. The first-order valence-corrected chi connectivity index (χ1v) is 52.5. The summed E-state index contributed by atoms with van der Waals surface area (Å²) >= 11 is 0. The first kappa shape index (κ1) is 108. The van der Waals surface area contributed by atoms with E-state index in [1.807, 2.05) is 9.44 Å². The highest BCUT2D eigenvalue weighted by Crippen LogP contribution is 2.41. The van der Waals surface area contributed by atoms with Crippen molar-refractivity contribution in [3.8, 4) is 11.5 Å². The number of sulfonamides is 2. The van der Waals surface area contributed by atoms with Gasteiger partial charge >= 0.3 is 146 Å². The second-order valence-electron chi connectivity index (χ2n) is 23.2. The Kier molecular flexibility index (Phi) is 35.2. The van der Waals surface area contributed by atoms with Gasteiger partial charge in [-0.2, -0.15) is 118 Å². The van der Waals surface area contributed by atoms with E-state index in [0.717, 1.165) is 0 Å². The molecule has 4 aliphatic rings. The van der Waals surface area contributed by atoms with E-state index in [1.165, 1.54) is 0 Å². The summed E-state index contributed by atoms with van der Waals surface area (Å²) in [5.74, 6) is -4.72. The Hall–Kier alpha value is -4.52. The van der Waals surface area contributed by atoms with Gasteiger partial charge in [-0.3, -0.25) is 73.2 Å². The molecule has 2 aromatic rings. The minimum Gasteiger partial charge on any atom is -0.462 e.